The summed E-state index contributed by atoms with van der Waals surface area (Å²) < 4.78 is 6.02. The summed E-state index contributed by atoms with van der Waals surface area (Å²) >= 11 is 0. The molecule has 4 aromatic heterocycles. The number of nitrogens with two attached hydrogens (primary N) is 1. The number of anilines is 1. The van der Waals surface area contributed by atoms with Crippen LogP contribution in [0.3, 0.4) is 0 Å². The number of ether oxygens (including phenoxy) is 1. The van der Waals surface area contributed by atoms with Crippen molar-refractivity contribution < 1.29 is 9.53 Å². The van der Waals surface area contributed by atoms with E-state index in [0.717, 1.165) is 40.2 Å². The highest BCUT2D eigenvalue weighted by atomic mass is 16.5. The molecular formula is C27H24N8O2. The van der Waals surface area contributed by atoms with Crippen LogP contribution in [0.1, 0.15) is 33.2 Å². The number of nitrogen functional groups attached to an aromatic ring is 1. The lowest BCUT2D eigenvalue weighted by atomic mass is 9.94. The van der Waals surface area contributed by atoms with Crippen LogP contribution in [0.2, 0.25) is 0 Å². The van der Waals surface area contributed by atoms with Gasteiger partial charge in [0.1, 0.15) is 11.6 Å². The summed E-state index contributed by atoms with van der Waals surface area (Å²) in [5.74, 6) is 1.69. The summed E-state index contributed by atoms with van der Waals surface area (Å²) in [4.78, 5) is 37.6. The average molecular weight is 493 g/mol. The fourth-order valence-electron chi connectivity index (χ4n) is 4.47. The van der Waals surface area contributed by atoms with Crippen molar-refractivity contribution >= 4 is 23.0 Å². The molecule has 0 radical (unpaired) electrons. The molecule has 0 bridgehead atoms. The van der Waals surface area contributed by atoms with E-state index in [1.54, 1.807) is 30.7 Å². The van der Waals surface area contributed by atoms with E-state index in [2.05, 4.69) is 30.2 Å². The van der Waals surface area contributed by atoms with E-state index in [9.17, 15) is 4.79 Å². The SMILES string of the molecule is Nc1nccc(-c2cnc3nc(C4COc5ccc(C(=O)NCCc6cccnc6)cc5C4)[nH]c3c2)n1. The van der Waals surface area contributed by atoms with Crippen LogP contribution in [-0.2, 0) is 12.8 Å². The van der Waals surface area contributed by atoms with E-state index < -0.39 is 0 Å². The first kappa shape index (κ1) is 22.6. The Morgan fingerprint density at radius 3 is 2.92 bits per heavy atom. The van der Waals surface area contributed by atoms with Crippen LogP contribution in [-0.4, -0.2) is 49.0 Å². The molecular weight excluding hydrogens is 468 g/mol. The molecule has 4 N–H and O–H groups in total. The fraction of sp³-hybridized carbons (Fsp3) is 0.185. The number of imidazole rings is 1. The highest BCUT2D eigenvalue weighted by Gasteiger charge is 2.25. The van der Waals surface area contributed by atoms with Gasteiger partial charge in [-0.05, 0) is 60.4 Å². The zero-order chi connectivity index (χ0) is 25.2. The summed E-state index contributed by atoms with van der Waals surface area (Å²) in [5.41, 5.74) is 11.3. The number of carbonyl (C=O) groups excluding carboxylic acids is 1. The predicted molar refractivity (Wildman–Crippen MR) is 138 cm³/mol. The summed E-state index contributed by atoms with van der Waals surface area (Å²) in [6.45, 7) is 1.02. The molecule has 1 aromatic carbocycles. The third-order valence-electron chi connectivity index (χ3n) is 6.36. The second-order valence-corrected chi connectivity index (χ2v) is 8.92. The van der Waals surface area contributed by atoms with Crippen LogP contribution < -0.4 is 15.8 Å². The Balaban J connectivity index is 1.16. The molecule has 0 saturated carbocycles. The number of H-pyrrole nitrogens is 1. The Bertz CT molecular complexity index is 1580. The number of carbonyl (C=O) groups is 1. The Morgan fingerprint density at radius 2 is 2.05 bits per heavy atom. The Labute approximate surface area is 212 Å². The first-order chi connectivity index (χ1) is 18.1. The van der Waals surface area contributed by atoms with Gasteiger partial charge in [0.15, 0.2) is 5.65 Å². The number of aromatic nitrogens is 6. The van der Waals surface area contributed by atoms with Crippen molar-refractivity contribution in [3.05, 3.63) is 89.8 Å². The summed E-state index contributed by atoms with van der Waals surface area (Å²) in [5, 5.41) is 2.99. The van der Waals surface area contributed by atoms with Crippen LogP contribution in [0.25, 0.3) is 22.4 Å². The molecule has 5 aromatic rings. The zero-order valence-corrected chi connectivity index (χ0v) is 19.9. The number of aromatic amines is 1. The predicted octanol–water partition coefficient (Wildman–Crippen LogP) is 3.08. The van der Waals surface area contributed by atoms with Gasteiger partial charge in [-0.3, -0.25) is 9.78 Å². The van der Waals surface area contributed by atoms with Crippen molar-refractivity contribution in [3.8, 4) is 17.0 Å². The molecule has 1 aliphatic rings. The summed E-state index contributed by atoms with van der Waals surface area (Å²) in [6.07, 6.45) is 8.31. The molecule has 1 unspecified atom stereocenters. The van der Waals surface area contributed by atoms with Gasteiger partial charge < -0.3 is 20.8 Å². The third-order valence-corrected chi connectivity index (χ3v) is 6.36. The molecule has 0 fully saturated rings. The van der Waals surface area contributed by atoms with Crippen molar-refractivity contribution in [1.29, 1.82) is 0 Å². The maximum Gasteiger partial charge on any atom is 0.251 e. The molecule has 0 spiro atoms. The van der Waals surface area contributed by atoms with Crippen LogP contribution in [0, 0.1) is 0 Å². The number of amides is 1. The largest absolute Gasteiger partial charge is 0.493 e. The van der Waals surface area contributed by atoms with Crippen molar-refractivity contribution in [2.24, 2.45) is 0 Å². The van der Waals surface area contributed by atoms with E-state index in [0.29, 0.717) is 36.5 Å². The molecule has 37 heavy (non-hydrogen) atoms. The normalized spacial score (nSPS) is 14.6. The maximum absolute atomic E-state index is 12.7. The van der Waals surface area contributed by atoms with Gasteiger partial charge in [-0.1, -0.05) is 6.07 Å². The van der Waals surface area contributed by atoms with Gasteiger partial charge in [-0.2, -0.15) is 0 Å². The van der Waals surface area contributed by atoms with Crippen molar-refractivity contribution in [3.63, 3.8) is 0 Å². The van der Waals surface area contributed by atoms with Gasteiger partial charge in [-0.15, -0.1) is 0 Å². The number of fused-ring (bicyclic) bond motifs is 2. The van der Waals surface area contributed by atoms with Gasteiger partial charge in [0, 0.05) is 42.5 Å². The standard InChI is InChI=1S/C27H24N8O2/c28-27-31-9-6-21(34-27)19-12-22-25(32-14-19)35-24(33-22)20-11-18-10-17(3-4-23(18)37-15-20)26(36)30-8-5-16-2-1-7-29-13-16/h1-4,6-7,9-10,12-14,20H,5,8,11,15H2,(H,30,36)(H2,28,31,34)(H,32,33,35). The Morgan fingerprint density at radius 1 is 1.11 bits per heavy atom. The van der Waals surface area contributed by atoms with E-state index in [1.807, 2.05) is 36.5 Å². The van der Waals surface area contributed by atoms with E-state index in [-0.39, 0.29) is 17.8 Å². The van der Waals surface area contributed by atoms with Gasteiger partial charge in [0.2, 0.25) is 5.95 Å². The molecule has 1 amide bonds. The van der Waals surface area contributed by atoms with Gasteiger partial charge in [0.25, 0.3) is 5.91 Å². The molecule has 0 aliphatic carbocycles. The minimum atomic E-state index is -0.111. The highest BCUT2D eigenvalue weighted by Crippen LogP contribution is 2.33. The lowest BCUT2D eigenvalue weighted by Crippen LogP contribution is -2.26. The first-order valence-electron chi connectivity index (χ1n) is 12.0. The smallest absolute Gasteiger partial charge is 0.251 e. The summed E-state index contributed by atoms with van der Waals surface area (Å²) in [6, 6.07) is 13.2. The Kier molecular flexibility index (Phi) is 5.89. The zero-order valence-electron chi connectivity index (χ0n) is 19.9. The topological polar surface area (TPSA) is 145 Å². The third kappa shape index (κ3) is 4.81. The van der Waals surface area contributed by atoms with Crippen LogP contribution >= 0.6 is 0 Å². The molecule has 1 atom stereocenters. The molecule has 6 rings (SSSR count). The lowest BCUT2D eigenvalue weighted by molar-refractivity contribution is 0.0954. The van der Waals surface area contributed by atoms with E-state index in [1.165, 1.54) is 0 Å². The van der Waals surface area contributed by atoms with Gasteiger partial charge in [0.05, 0.1) is 23.7 Å². The number of hydrogen-bond acceptors (Lipinski definition) is 8. The quantitative estimate of drug-likeness (QED) is 0.328. The second kappa shape index (κ2) is 9.65. The number of hydrogen-bond donors (Lipinski definition) is 3. The number of nitrogens with one attached hydrogen (secondary N) is 2. The Hall–Kier alpha value is -4.86. The number of benzene rings is 1. The molecule has 0 saturated heterocycles. The molecule has 184 valence electrons. The first-order valence-corrected chi connectivity index (χ1v) is 12.0. The number of pyridine rings is 2. The molecule has 1 aliphatic heterocycles. The van der Waals surface area contributed by atoms with E-state index >= 15 is 0 Å². The minimum Gasteiger partial charge on any atom is -0.493 e. The van der Waals surface area contributed by atoms with Crippen LogP contribution in [0.4, 0.5) is 5.95 Å². The monoisotopic (exact) mass is 492 g/mol. The molecule has 10 heteroatoms. The van der Waals surface area contributed by atoms with Crippen molar-refractivity contribution in [1.82, 2.24) is 35.2 Å². The van der Waals surface area contributed by atoms with Crippen molar-refractivity contribution in [2.75, 3.05) is 18.9 Å². The molecule has 5 heterocycles. The molecule has 10 nitrogen and oxygen atoms in total. The highest BCUT2D eigenvalue weighted by molar-refractivity contribution is 5.94. The fourth-order valence-corrected chi connectivity index (χ4v) is 4.47. The van der Waals surface area contributed by atoms with Gasteiger partial charge in [-0.25, -0.2) is 19.9 Å². The lowest BCUT2D eigenvalue weighted by Gasteiger charge is -2.24. The second-order valence-electron chi connectivity index (χ2n) is 8.92. The van der Waals surface area contributed by atoms with Crippen LogP contribution in [0.15, 0.2) is 67.3 Å². The number of nitrogens with zero attached hydrogens (tertiary/aromatic N) is 5. The van der Waals surface area contributed by atoms with Crippen LogP contribution in [0.5, 0.6) is 5.75 Å². The minimum absolute atomic E-state index is 0.00346. The maximum atomic E-state index is 12.7. The van der Waals surface area contributed by atoms with E-state index in [4.69, 9.17) is 15.5 Å². The number of rotatable bonds is 6. The van der Waals surface area contributed by atoms with Gasteiger partial charge >= 0.3 is 0 Å². The summed E-state index contributed by atoms with van der Waals surface area (Å²) in [7, 11) is 0. The van der Waals surface area contributed by atoms with Crippen molar-refractivity contribution in [2.45, 2.75) is 18.8 Å². The average Bonchev–Trinajstić information content (AvgIpc) is 3.36.